The third-order valence-electron chi connectivity index (χ3n) is 3.55. The van der Waals surface area contributed by atoms with Gasteiger partial charge in [0.15, 0.2) is 0 Å². The molecule has 0 fully saturated rings. The topological polar surface area (TPSA) is 95.6 Å². The van der Waals surface area contributed by atoms with Crippen LogP contribution in [0, 0.1) is 17.0 Å². The van der Waals surface area contributed by atoms with Gasteiger partial charge in [0.25, 0.3) is 5.69 Å². The van der Waals surface area contributed by atoms with E-state index < -0.39 is 10.5 Å². The van der Waals surface area contributed by atoms with E-state index in [2.05, 4.69) is 5.32 Å². The normalized spacial score (nSPS) is 11.6. The van der Waals surface area contributed by atoms with Crippen LogP contribution in [0.3, 0.4) is 0 Å². The molecule has 0 aliphatic carbocycles. The van der Waals surface area contributed by atoms with Crippen molar-refractivity contribution < 1.29 is 15.1 Å². The van der Waals surface area contributed by atoms with E-state index in [9.17, 15) is 20.3 Å². The highest BCUT2D eigenvalue weighted by molar-refractivity contribution is 5.44. The summed E-state index contributed by atoms with van der Waals surface area (Å²) in [6.07, 6.45) is 0.563. The monoisotopic (exact) mass is 268 g/mol. The van der Waals surface area contributed by atoms with Gasteiger partial charge in [0.1, 0.15) is 0 Å². The van der Waals surface area contributed by atoms with E-state index >= 15 is 0 Å². The van der Waals surface area contributed by atoms with Gasteiger partial charge in [-0.25, -0.2) is 0 Å². The highest BCUT2D eigenvalue weighted by atomic mass is 16.6. The molecule has 0 saturated heterocycles. The van der Waals surface area contributed by atoms with Crippen molar-refractivity contribution in [3.05, 3.63) is 39.4 Å². The summed E-state index contributed by atoms with van der Waals surface area (Å²) in [5.74, 6) is 0. The molecule has 1 rings (SSSR count). The summed E-state index contributed by atoms with van der Waals surface area (Å²) in [6.45, 7) is 3.55. The van der Waals surface area contributed by atoms with Crippen LogP contribution in [0.5, 0.6) is 0 Å². The van der Waals surface area contributed by atoms with Gasteiger partial charge in [-0.3, -0.25) is 10.1 Å². The molecule has 0 saturated carbocycles. The minimum atomic E-state index is -0.753. The molecular formula is C13H20N2O4. The Hall–Kier alpha value is -1.50. The van der Waals surface area contributed by atoms with Crippen molar-refractivity contribution in [2.24, 2.45) is 0 Å². The molecule has 0 aliphatic rings. The van der Waals surface area contributed by atoms with Gasteiger partial charge in [0.2, 0.25) is 0 Å². The van der Waals surface area contributed by atoms with Crippen LogP contribution in [0.4, 0.5) is 5.69 Å². The quantitative estimate of drug-likeness (QED) is 0.509. The summed E-state index contributed by atoms with van der Waals surface area (Å²) in [5.41, 5.74) is 0.709. The Balaban J connectivity index is 2.89. The Bertz CT molecular complexity index is 436. The zero-order valence-electron chi connectivity index (χ0n) is 11.2. The van der Waals surface area contributed by atoms with Gasteiger partial charge in [-0.15, -0.1) is 0 Å². The second-order valence-corrected chi connectivity index (χ2v) is 4.62. The number of benzene rings is 1. The summed E-state index contributed by atoms with van der Waals surface area (Å²) >= 11 is 0. The van der Waals surface area contributed by atoms with Crippen LogP contribution in [0.2, 0.25) is 0 Å². The molecule has 106 valence electrons. The van der Waals surface area contributed by atoms with E-state index in [0.29, 0.717) is 18.5 Å². The number of nitrogens with one attached hydrogen (secondary N) is 1. The summed E-state index contributed by atoms with van der Waals surface area (Å²) in [6, 6.07) is 4.89. The third kappa shape index (κ3) is 3.50. The van der Waals surface area contributed by atoms with E-state index in [1.807, 2.05) is 6.92 Å². The third-order valence-corrected chi connectivity index (χ3v) is 3.55. The number of rotatable bonds is 7. The highest BCUT2D eigenvalue weighted by Gasteiger charge is 2.26. The number of aliphatic hydroxyl groups excluding tert-OH is 2. The van der Waals surface area contributed by atoms with Crippen LogP contribution >= 0.6 is 0 Å². The Morgan fingerprint density at radius 3 is 2.47 bits per heavy atom. The number of nitro benzene ring substituents is 1. The molecule has 0 aromatic heterocycles. The molecule has 0 amide bonds. The second kappa shape index (κ2) is 6.60. The fourth-order valence-electron chi connectivity index (χ4n) is 1.85. The first-order chi connectivity index (χ1) is 8.99. The average Bonchev–Trinajstić information content (AvgIpc) is 2.42. The smallest absolute Gasteiger partial charge is 0.272 e. The van der Waals surface area contributed by atoms with Gasteiger partial charge in [0.05, 0.1) is 23.7 Å². The number of nitrogens with zero attached hydrogens (tertiary/aromatic N) is 1. The Morgan fingerprint density at radius 1 is 1.37 bits per heavy atom. The van der Waals surface area contributed by atoms with Crippen LogP contribution in [-0.2, 0) is 6.54 Å². The van der Waals surface area contributed by atoms with Crippen molar-refractivity contribution in [2.45, 2.75) is 32.4 Å². The van der Waals surface area contributed by atoms with E-state index in [1.54, 1.807) is 19.1 Å². The summed E-state index contributed by atoms with van der Waals surface area (Å²) in [4.78, 5) is 10.4. The maximum absolute atomic E-state index is 10.8. The molecule has 1 aromatic carbocycles. The van der Waals surface area contributed by atoms with Crippen LogP contribution in [-0.4, -0.2) is 33.9 Å². The molecule has 0 spiro atoms. The number of hydrogen-bond donors (Lipinski definition) is 3. The lowest BCUT2D eigenvalue weighted by molar-refractivity contribution is -0.385. The summed E-state index contributed by atoms with van der Waals surface area (Å²) in [7, 11) is 0. The van der Waals surface area contributed by atoms with Gasteiger partial charge in [-0.05, 0) is 18.9 Å². The first-order valence-corrected chi connectivity index (χ1v) is 6.19. The fraction of sp³-hybridized carbons (Fsp3) is 0.538. The lowest BCUT2D eigenvalue weighted by Crippen LogP contribution is -2.50. The highest BCUT2D eigenvalue weighted by Crippen LogP contribution is 2.21. The summed E-state index contributed by atoms with van der Waals surface area (Å²) < 4.78 is 0. The minimum Gasteiger partial charge on any atom is -0.394 e. The molecule has 3 N–H and O–H groups in total. The maximum Gasteiger partial charge on any atom is 0.272 e. The van der Waals surface area contributed by atoms with Gasteiger partial charge < -0.3 is 15.5 Å². The molecule has 0 aliphatic heterocycles. The Labute approximate surface area is 112 Å². The van der Waals surface area contributed by atoms with Crippen molar-refractivity contribution in [3.63, 3.8) is 0 Å². The summed E-state index contributed by atoms with van der Waals surface area (Å²) in [5, 5.41) is 32.6. The maximum atomic E-state index is 10.8. The van der Waals surface area contributed by atoms with Crippen LogP contribution in [0.1, 0.15) is 24.5 Å². The van der Waals surface area contributed by atoms with Crippen molar-refractivity contribution >= 4 is 5.69 Å². The Kier molecular flexibility index (Phi) is 5.41. The zero-order chi connectivity index (χ0) is 14.5. The predicted molar refractivity (Wildman–Crippen MR) is 71.9 cm³/mol. The van der Waals surface area contributed by atoms with E-state index in [1.165, 1.54) is 6.07 Å². The standard InChI is InChI=1S/C13H20N2O4/c1-3-13(8-16,9-17)14-7-11-5-4-6-12(10(11)2)15(18)19/h4-6,14,16-17H,3,7-9H2,1-2H3. The number of hydrogen-bond acceptors (Lipinski definition) is 5. The molecule has 0 atom stereocenters. The van der Waals surface area contributed by atoms with Gasteiger partial charge in [-0.1, -0.05) is 19.1 Å². The molecule has 0 unspecified atom stereocenters. The molecular weight excluding hydrogens is 248 g/mol. The van der Waals surface area contributed by atoms with Gasteiger partial charge in [0, 0.05) is 18.2 Å². The molecule has 19 heavy (non-hydrogen) atoms. The van der Waals surface area contributed by atoms with E-state index in [4.69, 9.17) is 0 Å². The molecule has 0 heterocycles. The Morgan fingerprint density at radius 2 is 2.00 bits per heavy atom. The van der Waals surface area contributed by atoms with Crippen molar-refractivity contribution in [1.29, 1.82) is 0 Å². The first kappa shape index (κ1) is 15.6. The molecule has 0 bridgehead atoms. The fourth-order valence-corrected chi connectivity index (χ4v) is 1.85. The van der Waals surface area contributed by atoms with Gasteiger partial charge >= 0.3 is 0 Å². The van der Waals surface area contributed by atoms with Crippen molar-refractivity contribution in [1.82, 2.24) is 5.32 Å². The number of nitro groups is 1. The minimum absolute atomic E-state index is 0.0781. The van der Waals surface area contributed by atoms with Crippen molar-refractivity contribution in [3.8, 4) is 0 Å². The molecule has 6 heteroatoms. The SMILES string of the molecule is CCC(CO)(CO)NCc1cccc([N+](=O)[O-])c1C. The zero-order valence-corrected chi connectivity index (χ0v) is 11.2. The molecule has 0 radical (unpaired) electrons. The predicted octanol–water partition coefficient (Wildman–Crippen LogP) is 1.13. The molecule has 6 nitrogen and oxygen atoms in total. The second-order valence-electron chi connectivity index (χ2n) is 4.62. The largest absolute Gasteiger partial charge is 0.394 e. The molecule has 1 aromatic rings. The van der Waals surface area contributed by atoms with E-state index in [-0.39, 0.29) is 18.9 Å². The van der Waals surface area contributed by atoms with Gasteiger partial charge in [-0.2, -0.15) is 0 Å². The van der Waals surface area contributed by atoms with Crippen LogP contribution < -0.4 is 5.32 Å². The lowest BCUT2D eigenvalue weighted by atomic mass is 9.97. The lowest BCUT2D eigenvalue weighted by Gasteiger charge is -2.30. The number of aliphatic hydroxyl groups is 2. The average molecular weight is 268 g/mol. The van der Waals surface area contributed by atoms with Crippen LogP contribution in [0.15, 0.2) is 18.2 Å². The van der Waals surface area contributed by atoms with Crippen LogP contribution in [0.25, 0.3) is 0 Å². The first-order valence-electron chi connectivity index (χ1n) is 6.19. The van der Waals surface area contributed by atoms with Crippen molar-refractivity contribution in [2.75, 3.05) is 13.2 Å². The van der Waals surface area contributed by atoms with E-state index in [0.717, 1.165) is 5.56 Å².